The number of aromatic nitrogens is 2. The Balaban J connectivity index is 1.58. The standard InChI is InChI=1S/C30H30Cl2FN5O/c1-19(2)14-27(29(39)35-17-20-10-12-22(31)13-11-20)37-30-36-26(24-8-3-4-9-25(24)33)16-28(38-30)34-18-21-6-5-7-23(32)15-21/h3-13,15-16,19,27H,14,17-18H2,1-2H3,(H,35,39)(H2,34,36,37,38). The fourth-order valence-corrected chi connectivity index (χ4v) is 4.36. The summed E-state index contributed by atoms with van der Waals surface area (Å²) in [6, 6.07) is 22.3. The first kappa shape index (κ1) is 28.3. The zero-order chi connectivity index (χ0) is 27.8. The third kappa shape index (κ3) is 8.40. The molecule has 202 valence electrons. The number of halogens is 3. The molecule has 1 aromatic heterocycles. The zero-order valence-electron chi connectivity index (χ0n) is 21.7. The Kier molecular flexibility index (Phi) is 9.74. The van der Waals surface area contributed by atoms with Crippen LogP contribution in [0.15, 0.2) is 78.9 Å². The predicted octanol–water partition coefficient (Wildman–Crippen LogP) is 7.34. The van der Waals surface area contributed by atoms with E-state index in [4.69, 9.17) is 23.2 Å². The summed E-state index contributed by atoms with van der Waals surface area (Å²) in [6.45, 7) is 4.88. The fraction of sp³-hybridized carbons (Fsp3) is 0.233. The second-order valence-electron chi connectivity index (χ2n) is 9.60. The minimum Gasteiger partial charge on any atom is -0.366 e. The summed E-state index contributed by atoms with van der Waals surface area (Å²) in [6.07, 6.45) is 0.547. The van der Waals surface area contributed by atoms with Crippen molar-refractivity contribution in [2.75, 3.05) is 10.6 Å². The van der Waals surface area contributed by atoms with Crippen molar-refractivity contribution in [3.63, 3.8) is 0 Å². The molecule has 0 spiro atoms. The van der Waals surface area contributed by atoms with Gasteiger partial charge in [-0.05, 0) is 59.9 Å². The first-order chi connectivity index (χ1) is 18.8. The van der Waals surface area contributed by atoms with E-state index in [1.807, 2.05) is 44.2 Å². The highest BCUT2D eigenvalue weighted by molar-refractivity contribution is 6.30. The fourth-order valence-electron chi connectivity index (χ4n) is 4.02. The molecule has 4 aromatic rings. The first-order valence-corrected chi connectivity index (χ1v) is 13.4. The van der Waals surface area contributed by atoms with E-state index in [0.29, 0.717) is 46.6 Å². The van der Waals surface area contributed by atoms with E-state index in [2.05, 4.69) is 25.9 Å². The normalized spacial score (nSPS) is 11.7. The molecule has 0 fully saturated rings. The molecule has 1 heterocycles. The minimum atomic E-state index is -0.603. The van der Waals surface area contributed by atoms with Gasteiger partial charge in [0.2, 0.25) is 11.9 Å². The van der Waals surface area contributed by atoms with E-state index >= 15 is 0 Å². The number of benzene rings is 3. The van der Waals surface area contributed by atoms with Gasteiger partial charge in [-0.25, -0.2) is 9.37 Å². The highest BCUT2D eigenvalue weighted by Gasteiger charge is 2.22. The van der Waals surface area contributed by atoms with Gasteiger partial charge >= 0.3 is 0 Å². The Morgan fingerprint density at radius 3 is 2.36 bits per heavy atom. The predicted molar refractivity (Wildman–Crippen MR) is 156 cm³/mol. The summed E-state index contributed by atoms with van der Waals surface area (Å²) in [4.78, 5) is 22.4. The van der Waals surface area contributed by atoms with Crippen LogP contribution in [-0.2, 0) is 17.9 Å². The van der Waals surface area contributed by atoms with Gasteiger partial charge in [-0.15, -0.1) is 0 Å². The molecule has 1 atom stereocenters. The molecule has 3 aromatic carbocycles. The van der Waals surface area contributed by atoms with Gasteiger partial charge in [0.15, 0.2) is 0 Å². The van der Waals surface area contributed by atoms with Crippen molar-refractivity contribution in [1.29, 1.82) is 0 Å². The lowest BCUT2D eigenvalue weighted by atomic mass is 10.0. The molecule has 0 aliphatic heterocycles. The summed E-state index contributed by atoms with van der Waals surface area (Å²) in [5.74, 6) is 0.334. The lowest BCUT2D eigenvalue weighted by molar-refractivity contribution is -0.122. The summed E-state index contributed by atoms with van der Waals surface area (Å²) in [5.41, 5.74) is 2.62. The minimum absolute atomic E-state index is 0.188. The summed E-state index contributed by atoms with van der Waals surface area (Å²) in [7, 11) is 0. The van der Waals surface area contributed by atoms with Crippen molar-refractivity contribution in [1.82, 2.24) is 15.3 Å². The topological polar surface area (TPSA) is 78.9 Å². The Morgan fingerprint density at radius 1 is 0.872 bits per heavy atom. The van der Waals surface area contributed by atoms with Gasteiger partial charge in [0.25, 0.3) is 0 Å². The molecule has 39 heavy (non-hydrogen) atoms. The van der Waals surface area contributed by atoms with E-state index in [-0.39, 0.29) is 17.8 Å². The van der Waals surface area contributed by atoms with Gasteiger partial charge in [0.1, 0.15) is 17.7 Å². The third-order valence-electron chi connectivity index (χ3n) is 5.95. The molecule has 0 bridgehead atoms. The van der Waals surface area contributed by atoms with Crippen LogP contribution in [0.25, 0.3) is 11.3 Å². The van der Waals surface area contributed by atoms with Crippen molar-refractivity contribution >= 4 is 40.9 Å². The molecule has 0 radical (unpaired) electrons. The highest BCUT2D eigenvalue weighted by Crippen LogP contribution is 2.25. The maximum atomic E-state index is 14.7. The highest BCUT2D eigenvalue weighted by atomic mass is 35.5. The molecule has 0 aliphatic rings. The molecule has 9 heteroatoms. The van der Waals surface area contributed by atoms with E-state index in [1.165, 1.54) is 6.07 Å². The average molecular weight is 567 g/mol. The Hall–Kier alpha value is -3.68. The SMILES string of the molecule is CC(C)CC(Nc1nc(NCc2cccc(Cl)c2)cc(-c2ccccc2F)n1)C(=O)NCc1ccc(Cl)cc1. The number of nitrogens with zero attached hydrogens (tertiary/aromatic N) is 2. The van der Waals surface area contributed by atoms with Gasteiger partial charge in [-0.2, -0.15) is 4.98 Å². The molecular weight excluding hydrogens is 536 g/mol. The summed E-state index contributed by atoms with van der Waals surface area (Å²) in [5, 5.41) is 10.7. The average Bonchev–Trinajstić information content (AvgIpc) is 2.91. The second-order valence-corrected chi connectivity index (χ2v) is 10.5. The quantitative estimate of drug-likeness (QED) is 0.177. The molecule has 4 rings (SSSR count). The van der Waals surface area contributed by atoms with Crippen LogP contribution in [0.2, 0.25) is 10.0 Å². The van der Waals surface area contributed by atoms with Crippen molar-refractivity contribution in [2.24, 2.45) is 5.92 Å². The largest absolute Gasteiger partial charge is 0.366 e. The first-order valence-electron chi connectivity index (χ1n) is 12.7. The van der Waals surface area contributed by atoms with Crippen molar-refractivity contribution in [3.05, 3.63) is 106 Å². The maximum Gasteiger partial charge on any atom is 0.242 e. The maximum absolute atomic E-state index is 14.7. The zero-order valence-corrected chi connectivity index (χ0v) is 23.2. The van der Waals surface area contributed by atoms with Gasteiger partial charge < -0.3 is 16.0 Å². The van der Waals surface area contributed by atoms with Gasteiger partial charge in [-0.1, -0.05) is 73.4 Å². The Morgan fingerprint density at radius 2 is 1.64 bits per heavy atom. The monoisotopic (exact) mass is 565 g/mol. The number of carbonyl (C=O) groups excluding carboxylic acids is 1. The molecule has 6 nitrogen and oxygen atoms in total. The number of amides is 1. The number of nitrogens with one attached hydrogen (secondary N) is 3. The molecule has 1 amide bonds. The number of rotatable bonds is 11. The van der Waals surface area contributed by atoms with Gasteiger partial charge in [-0.3, -0.25) is 4.79 Å². The van der Waals surface area contributed by atoms with Crippen molar-refractivity contribution < 1.29 is 9.18 Å². The molecule has 1 unspecified atom stereocenters. The second kappa shape index (κ2) is 13.4. The van der Waals surface area contributed by atoms with Crippen LogP contribution in [-0.4, -0.2) is 21.9 Å². The Bertz CT molecular complexity index is 1410. The number of hydrogen-bond acceptors (Lipinski definition) is 5. The number of carbonyl (C=O) groups is 1. The van der Waals surface area contributed by atoms with Crippen LogP contribution < -0.4 is 16.0 Å². The van der Waals surface area contributed by atoms with E-state index < -0.39 is 11.9 Å². The van der Waals surface area contributed by atoms with Crippen molar-refractivity contribution in [3.8, 4) is 11.3 Å². The molecule has 0 aliphatic carbocycles. The molecular formula is C30H30Cl2FN5O. The van der Waals surface area contributed by atoms with Crippen LogP contribution >= 0.6 is 23.2 Å². The number of hydrogen-bond donors (Lipinski definition) is 3. The third-order valence-corrected chi connectivity index (χ3v) is 6.43. The summed E-state index contributed by atoms with van der Waals surface area (Å²) >= 11 is 12.1. The Labute approximate surface area is 238 Å². The molecule has 3 N–H and O–H groups in total. The van der Waals surface area contributed by atoms with Crippen LogP contribution in [0.3, 0.4) is 0 Å². The van der Waals surface area contributed by atoms with E-state index in [9.17, 15) is 9.18 Å². The molecule has 0 saturated heterocycles. The van der Waals surface area contributed by atoms with Crippen molar-refractivity contribution in [2.45, 2.75) is 39.4 Å². The van der Waals surface area contributed by atoms with Gasteiger partial charge in [0.05, 0.1) is 5.69 Å². The van der Waals surface area contributed by atoms with Gasteiger partial charge in [0, 0.05) is 34.8 Å². The summed E-state index contributed by atoms with van der Waals surface area (Å²) < 4.78 is 14.7. The van der Waals surface area contributed by atoms with Crippen LogP contribution in [0.1, 0.15) is 31.4 Å². The van der Waals surface area contributed by atoms with Crippen LogP contribution in [0.4, 0.5) is 16.2 Å². The van der Waals surface area contributed by atoms with E-state index in [1.54, 1.807) is 42.5 Å². The molecule has 0 saturated carbocycles. The van der Waals surface area contributed by atoms with Crippen LogP contribution in [0, 0.1) is 11.7 Å². The smallest absolute Gasteiger partial charge is 0.242 e. The lowest BCUT2D eigenvalue weighted by Gasteiger charge is -2.21. The number of anilines is 2. The van der Waals surface area contributed by atoms with Crippen LogP contribution in [0.5, 0.6) is 0 Å². The van der Waals surface area contributed by atoms with E-state index in [0.717, 1.165) is 11.1 Å². The lowest BCUT2D eigenvalue weighted by Crippen LogP contribution is -2.40.